The Labute approximate surface area is 147 Å². The van der Waals surface area contributed by atoms with Gasteiger partial charge in [-0.2, -0.15) is 0 Å². The number of guanidine groups is 1. The summed E-state index contributed by atoms with van der Waals surface area (Å²) in [5, 5.41) is 6.71. The maximum atomic E-state index is 5.74. The third-order valence-electron chi connectivity index (χ3n) is 4.23. The molecule has 2 aromatic rings. The zero-order valence-corrected chi connectivity index (χ0v) is 15.3. The van der Waals surface area contributed by atoms with Crippen molar-refractivity contribution in [3.8, 4) is 5.75 Å². The van der Waals surface area contributed by atoms with Gasteiger partial charge in [0, 0.05) is 31.9 Å². The number of thiazole rings is 1. The van der Waals surface area contributed by atoms with Crippen molar-refractivity contribution in [3.05, 3.63) is 45.9 Å². The number of hydrogen-bond acceptors (Lipinski definition) is 4. The van der Waals surface area contributed by atoms with E-state index < -0.39 is 0 Å². The molecule has 0 spiro atoms. The number of fused-ring (bicyclic) bond motifs is 1. The van der Waals surface area contributed by atoms with Crippen LogP contribution in [0.4, 0.5) is 0 Å². The minimum absolute atomic E-state index is 0.446. The Bertz CT molecular complexity index is 713. The van der Waals surface area contributed by atoms with Gasteiger partial charge in [0.05, 0.1) is 23.9 Å². The first kappa shape index (κ1) is 16.8. The zero-order valence-electron chi connectivity index (χ0n) is 14.5. The standard InChI is InChI=1S/C18H24N4OS/c1-13-21-15(12-24-13)11-22(3)18(19-2)20-10-14-8-9-23-17-7-5-4-6-16(14)17/h4-7,12,14H,8-11H2,1-3H3,(H,19,20). The van der Waals surface area contributed by atoms with Crippen LogP contribution >= 0.6 is 11.3 Å². The van der Waals surface area contributed by atoms with Crippen LogP contribution in [0.1, 0.15) is 28.6 Å². The van der Waals surface area contributed by atoms with Crippen molar-refractivity contribution in [2.45, 2.75) is 25.8 Å². The second-order valence-corrected chi connectivity index (χ2v) is 7.08. The maximum Gasteiger partial charge on any atom is 0.193 e. The van der Waals surface area contributed by atoms with Crippen LogP contribution in [0.2, 0.25) is 0 Å². The van der Waals surface area contributed by atoms with Crippen molar-refractivity contribution in [1.29, 1.82) is 0 Å². The lowest BCUT2D eigenvalue weighted by atomic mass is 9.93. The van der Waals surface area contributed by atoms with E-state index in [0.717, 1.165) is 48.5 Å². The summed E-state index contributed by atoms with van der Waals surface area (Å²) in [6.45, 7) is 4.42. The van der Waals surface area contributed by atoms with Crippen molar-refractivity contribution in [2.24, 2.45) is 4.99 Å². The molecule has 1 unspecified atom stereocenters. The van der Waals surface area contributed by atoms with Crippen LogP contribution in [0.15, 0.2) is 34.6 Å². The van der Waals surface area contributed by atoms with E-state index in [0.29, 0.717) is 5.92 Å². The number of hydrogen-bond donors (Lipinski definition) is 1. The molecule has 3 rings (SSSR count). The summed E-state index contributed by atoms with van der Waals surface area (Å²) in [7, 11) is 3.87. The molecule has 1 aromatic carbocycles. The number of rotatable bonds is 4. The van der Waals surface area contributed by atoms with Gasteiger partial charge in [-0.3, -0.25) is 4.99 Å². The van der Waals surface area contributed by atoms with E-state index in [1.165, 1.54) is 5.56 Å². The number of ether oxygens (including phenoxy) is 1. The van der Waals surface area contributed by atoms with Crippen LogP contribution in [-0.2, 0) is 6.54 Å². The molecule has 0 bridgehead atoms. The van der Waals surface area contributed by atoms with E-state index in [1.807, 2.05) is 33.2 Å². The molecule has 1 N–H and O–H groups in total. The fourth-order valence-corrected chi connectivity index (χ4v) is 3.63. The molecule has 0 amide bonds. The minimum Gasteiger partial charge on any atom is -0.493 e. The Morgan fingerprint density at radius 1 is 1.46 bits per heavy atom. The summed E-state index contributed by atoms with van der Waals surface area (Å²) in [6.07, 6.45) is 1.02. The van der Waals surface area contributed by atoms with Gasteiger partial charge in [0.25, 0.3) is 0 Å². The SMILES string of the molecule is CN=C(NCC1CCOc2ccccc21)N(C)Cc1csc(C)n1. The van der Waals surface area contributed by atoms with Gasteiger partial charge in [0.1, 0.15) is 5.75 Å². The Morgan fingerprint density at radius 2 is 2.29 bits per heavy atom. The van der Waals surface area contributed by atoms with Gasteiger partial charge in [-0.25, -0.2) is 4.98 Å². The summed E-state index contributed by atoms with van der Waals surface area (Å²) in [5.41, 5.74) is 2.36. The zero-order chi connectivity index (χ0) is 16.9. The van der Waals surface area contributed by atoms with E-state index in [2.05, 4.69) is 37.7 Å². The number of nitrogens with one attached hydrogen (secondary N) is 1. The molecule has 1 aliphatic heterocycles. The van der Waals surface area contributed by atoms with Crippen molar-refractivity contribution in [1.82, 2.24) is 15.2 Å². The fourth-order valence-electron chi connectivity index (χ4n) is 3.03. The Hall–Kier alpha value is -2.08. The highest BCUT2D eigenvalue weighted by Gasteiger charge is 2.21. The van der Waals surface area contributed by atoms with E-state index in [1.54, 1.807) is 11.3 Å². The number of benzene rings is 1. The smallest absolute Gasteiger partial charge is 0.193 e. The number of para-hydroxylation sites is 1. The molecule has 0 aliphatic carbocycles. The molecule has 1 atom stereocenters. The van der Waals surface area contributed by atoms with Gasteiger partial charge >= 0.3 is 0 Å². The summed E-state index contributed by atoms with van der Waals surface area (Å²) < 4.78 is 5.74. The van der Waals surface area contributed by atoms with Crippen molar-refractivity contribution in [3.63, 3.8) is 0 Å². The molecular formula is C18H24N4OS. The Kier molecular flexibility index (Phi) is 5.35. The maximum absolute atomic E-state index is 5.74. The summed E-state index contributed by atoms with van der Waals surface area (Å²) in [6, 6.07) is 8.31. The van der Waals surface area contributed by atoms with Crippen LogP contribution in [-0.4, -0.2) is 43.1 Å². The Morgan fingerprint density at radius 3 is 3.04 bits per heavy atom. The lowest BCUT2D eigenvalue weighted by molar-refractivity contribution is 0.266. The summed E-state index contributed by atoms with van der Waals surface area (Å²) in [4.78, 5) is 11.0. The lowest BCUT2D eigenvalue weighted by Gasteiger charge is -2.28. The molecule has 0 fully saturated rings. The molecule has 1 aromatic heterocycles. The second-order valence-electron chi connectivity index (χ2n) is 6.01. The topological polar surface area (TPSA) is 49.8 Å². The normalized spacial score (nSPS) is 17.1. The van der Waals surface area contributed by atoms with E-state index >= 15 is 0 Å². The number of aromatic nitrogens is 1. The van der Waals surface area contributed by atoms with Crippen molar-refractivity contribution in [2.75, 3.05) is 27.2 Å². The average molecular weight is 344 g/mol. The number of nitrogens with zero attached hydrogens (tertiary/aromatic N) is 3. The number of aryl methyl sites for hydroxylation is 1. The number of aliphatic imine (C=N–C) groups is 1. The molecule has 0 saturated carbocycles. The second kappa shape index (κ2) is 7.66. The lowest BCUT2D eigenvalue weighted by Crippen LogP contribution is -2.41. The highest BCUT2D eigenvalue weighted by Crippen LogP contribution is 2.32. The summed E-state index contributed by atoms with van der Waals surface area (Å²) in [5.74, 6) is 2.35. The van der Waals surface area contributed by atoms with Crippen LogP contribution in [0.5, 0.6) is 5.75 Å². The molecule has 5 nitrogen and oxygen atoms in total. The van der Waals surface area contributed by atoms with Gasteiger partial charge in [-0.1, -0.05) is 18.2 Å². The first-order valence-electron chi connectivity index (χ1n) is 8.22. The molecule has 6 heteroatoms. The van der Waals surface area contributed by atoms with Crippen LogP contribution in [0, 0.1) is 6.92 Å². The third-order valence-corrected chi connectivity index (χ3v) is 5.05. The van der Waals surface area contributed by atoms with Gasteiger partial charge in [-0.05, 0) is 25.0 Å². The largest absolute Gasteiger partial charge is 0.493 e. The molecule has 24 heavy (non-hydrogen) atoms. The molecule has 0 radical (unpaired) electrons. The predicted octanol–water partition coefficient (Wildman–Crippen LogP) is 3.03. The molecule has 2 heterocycles. The monoisotopic (exact) mass is 344 g/mol. The van der Waals surface area contributed by atoms with Crippen molar-refractivity contribution < 1.29 is 4.74 Å². The average Bonchev–Trinajstić information content (AvgIpc) is 3.00. The first-order chi connectivity index (χ1) is 11.7. The van der Waals surface area contributed by atoms with Gasteiger partial charge in [0.2, 0.25) is 0 Å². The summed E-state index contributed by atoms with van der Waals surface area (Å²) >= 11 is 1.68. The highest BCUT2D eigenvalue weighted by molar-refractivity contribution is 7.09. The predicted molar refractivity (Wildman–Crippen MR) is 99.0 cm³/mol. The molecule has 0 saturated heterocycles. The first-order valence-corrected chi connectivity index (χ1v) is 9.10. The quantitative estimate of drug-likeness (QED) is 0.684. The van der Waals surface area contributed by atoms with Crippen molar-refractivity contribution >= 4 is 17.3 Å². The van der Waals surface area contributed by atoms with E-state index in [-0.39, 0.29) is 0 Å². The molecule has 128 valence electrons. The van der Waals surface area contributed by atoms with Gasteiger partial charge < -0.3 is 15.0 Å². The molecule has 1 aliphatic rings. The van der Waals surface area contributed by atoms with Crippen LogP contribution < -0.4 is 10.1 Å². The van der Waals surface area contributed by atoms with Crippen LogP contribution in [0.3, 0.4) is 0 Å². The Balaban J connectivity index is 1.60. The van der Waals surface area contributed by atoms with Gasteiger partial charge in [-0.15, -0.1) is 11.3 Å². The van der Waals surface area contributed by atoms with E-state index in [9.17, 15) is 0 Å². The fraction of sp³-hybridized carbons (Fsp3) is 0.444. The van der Waals surface area contributed by atoms with E-state index in [4.69, 9.17) is 4.74 Å². The minimum atomic E-state index is 0.446. The molecular weight excluding hydrogens is 320 g/mol. The highest BCUT2D eigenvalue weighted by atomic mass is 32.1. The van der Waals surface area contributed by atoms with Crippen LogP contribution in [0.25, 0.3) is 0 Å². The van der Waals surface area contributed by atoms with Gasteiger partial charge in [0.15, 0.2) is 5.96 Å². The third kappa shape index (κ3) is 3.87.